The number of nitrogens with one attached hydrogen (secondary N) is 3. The first-order chi connectivity index (χ1) is 28.5. The summed E-state index contributed by atoms with van der Waals surface area (Å²) in [5, 5.41) is 26.2. The standard InChI is InChI=1S/C43H77N3O13/c1-3-36(35(2)47)19-16-17-25-44-40(50)33-59-32-30-57-28-26-45-41(51)34-58-31-29-56-27-18-20-37(48)23-24-38(43(54)55)46-39(49)21-14-12-10-8-6-4-5-7-9-11-13-15-22-42(52)53/h36,38H,3-34H2,1-2H3,(H,44,50)(H,45,51)(H,46,49)(H,52,53)(H,54,55)/t36-,38-/m0/s1. The average molecular weight is 844 g/mol. The molecule has 2 atom stereocenters. The van der Waals surface area contributed by atoms with E-state index in [4.69, 9.17) is 24.1 Å². The van der Waals surface area contributed by atoms with Crippen molar-refractivity contribution in [1.82, 2.24) is 16.0 Å². The number of carbonyl (C=O) groups is 7. The molecule has 3 amide bonds. The lowest BCUT2D eigenvalue weighted by atomic mass is 9.95. The second kappa shape index (κ2) is 40.0. The van der Waals surface area contributed by atoms with Crippen LogP contribution in [-0.2, 0) is 52.5 Å². The fourth-order valence-electron chi connectivity index (χ4n) is 6.23. The van der Waals surface area contributed by atoms with Gasteiger partial charge < -0.3 is 45.1 Å². The zero-order valence-electron chi connectivity index (χ0n) is 36.2. The molecular formula is C43H77N3O13. The van der Waals surface area contributed by atoms with Crippen molar-refractivity contribution in [2.24, 2.45) is 5.92 Å². The zero-order valence-corrected chi connectivity index (χ0v) is 36.2. The Bertz CT molecular complexity index is 1150. The Labute approximate surface area is 352 Å². The maximum absolute atomic E-state index is 12.3. The monoisotopic (exact) mass is 844 g/mol. The van der Waals surface area contributed by atoms with Crippen molar-refractivity contribution in [2.45, 2.75) is 161 Å². The van der Waals surface area contributed by atoms with Crippen LogP contribution in [0.3, 0.4) is 0 Å². The van der Waals surface area contributed by atoms with E-state index in [0.717, 1.165) is 77.0 Å². The summed E-state index contributed by atoms with van der Waals surface area (Å²) in [4.78, 5) is 82.0. The topological polar surface area (TPSA) is 233 Å². The number of carboxylic acids is 2. The normalized spacial score (nSPS) is 12.1. The smallest absolute Gasteiger partial charge is 0.326 e. The predicted molar refractivity (Wildman–Crippen MR) is 223 cm³/mol. The fraction of sp³-hybridized carbons (Fsp3) is 0.837. The summed E-state index contributed by atoms with van der Waals surface area (Å²) in [5.41, 5.74) is 0. The molecule has 342 valence electrons. The second-order valence-electron chi connectivity index (χ2n) is 15.0. The predicted octanol–water partition coefficient (Wildman–Crippen LogP) is 5.32. The van der Waals surface area contributed by atoms with Gasteiger partial charge in [-0.25, -0.2) is 4.79 Å². The van der Waals surface area contributed by atoms with E-state index in [2.05, 4.69) is 16.0 Å². The number of hydrogen-bond donors (Lipinski definition) is 5. The van der Waals surface area contributed by atoms with E-state index >= 15 is 0 Å². The highest BCUT2D eigenvalue weighted by atomic mass is 16.5. The second-order valence-corrected chi connectivity index (χ2v) is 15.0. The molecule has 0 aliphatic heterocycles. The van der Waals surface area contributed by atoms with E-state index < -0.39 is 18.0 Å². The van der Waals surface area contributed by atoms with E-state index in [-0.39, 0.29) is 114 Å². The minimum Gasteiger partial charge on any atom is -0.481 e. The minimum absolute atomic E-state index is 0.0336. The van der Waals surface area contributed by atoms with Gasteiger partial charge in [-0.3, -0.25) is 28.8 Å². The summed E-state index contributed by atoms with van der Waals surface area (Å²) in [6.45, 7) is 5.81. The lowest BCUT2D eigenvalue weighted by Gasteiger charge is -2.14. The molecule has 0 fully saturated rings. The highest BCUT2D eigenvalue weighted by Gasteiger charge is 2.21. The van der Waals surface area contributed by atoms with E-state index in [1.807, 2.05) is 6.92 Å². The number of carboxylic acid groups (broad SMARTS) is 2. The van der Waals surface area contributed by atoms with Crippen LogP contribution in [0.4, 0.5) is 0 Å². The Morgan fingerprint density at radius 2 is 1.00 bits per heavy atom. The summed E-state index contributed by atoms with van der Waals surface area (Å²) in [6, 6.07) is -1.10. The number of rotatable bonds is 44. The van der Waals surface area contributed by atoms with E-state index in [0.29, 0.717) is 32.5 Å². The van der Waals surface area contributed by atoms with Crippen molar-refractivity contribution >= 4 is 41.2 Å². The number of carbonyl (C=O) groups excluding carboxylic acids is 5. The van der Waals surface area contributed by atoms with Crippen LogP contribution in [0.15, 0.2) is 0 Å². The summed E-state index contributed by atoms with van der Waals surface area (Å²) in [5.74, 6) is -2.50. The van der Waals surface area contributed by atoms with E-state index in [1.165, 1.54) is 19.3 Å². The lowest BCUT2D eigenvalue weighted by molar-refractivity contribution is -0.142. The summed E-state index contributed by atoms with van der Waals surface area (Å²) in [6.07, 6.45) is 17.0. The van der Waals surface area contributed by atoms with Gasteiger partial charge >= 0.3 is 11.9 Å². The Kier molecular flexibility index (Phi) is 37.6. The number of unbranched alkanes of at least 4 members (excludes halogenated alkanes) is 12. The maximum atomic E-state index is 12.3. The van der Waals surface area contributed by atoms with Crippen LogP contribution in [0.1, 0.15) is 155 Å². The molecule has 0 rings (SSSR count). The Morgan fingerprint density at radius 1 is 0.492 bits per heavy atom. The molecule has 0 aromatic rings. The van der Waals surface area contributed by atoms with Crippen LogP contribution < -0.4 is 16.0 Å². The summed E-state index contributed by atoms with van der Waals surface area (Å²) >= 11 is 0. The number of ketones is 2. The third kappa shape index (κ3) is 38.5. The fourth-order valence-corrected chi connectivity index (χ4v) is 6.23. The first-order valence-electron chi connectivity index (χ1n) is 22.1. The first-order valence-corrected chi connectivity index (χ1v) is 22.1. The SMILES string of the molecule is CC[C@@H](CCCCNC(=O)COCCOCCNC(=O)COCCOCCCC(=O)CC[C@H](NC(=O)CCCCCCCCCCCCCCC(=O)O)C(=O)O)C(C)=O. The maximum Gasteiger partial charge on any atom is 0.326 e. The van der Waals surface area contributed by atoms with Crippen molar-refractivity contribution in [1.29, 1.82) is 0 Å². The van der Waals surface area contributed by atoms with Crippen LogP contribution in [0.2, 0.25) is 0 Å². The molecule has 0 saturated carbocycles. The van der Waals surface area contributed by atoms with Crippen molar-refractivity contribution in [3.8, 4) is 0 Å². The lowest BCUT2D eigenvalue weighted by Crippen LogP contribution is -2.41. The average Bonchev–Trinajstić information content (AvgIpc) is 3.19. The van der Waals surface area contributed by atoms with Crippen LogP contribution in [-0.4, -0.2) is 123 Å². The van der Waals surface area contributed by atoms with Crippen LogP contribution in [0.5, 0.6) is 0 Å². The molecule has 0 bridgehead atoms. The number of hydrogen-bond acceptors (Lipinski definition) is 11. The molecule has 0 aliphatic rings. The van der Waals surface area contributed by atoms with Crippen molar-refractivity contribution in [3.63, 3.8) is 0 Å². The Balaban J connectivity index is 3.66. The van der Waals surface area contributed by atoms with Gasteiger partial charge in [0.15, 0.2) is 0 Å². The molecule has 5 N–H and O–H groups in total. The van der Waals surface area contributed by atoms with Gasteiger partial charge in [-0.05, 0) is 51.9 Å². The van der Waals surface area contributed by atoms with Crippen LogP contribution >= 0.6 is 0 Å². The molecule has 0 saturated heterocycles. The van der Waals surface area contributed by atoms with Gasteiger partial charge in [0, 0.05) is 51.3 Å². The molecule has 0 aromatic heterocycles. The van der Waals surface area contributed by atoms with Gasteiger partial charge in [-0.2, -0.15) is 0 Å². The van der Waals surface area contributed by atoms with Gasteiger partial charge in [0.1, 0.15) is 30.8 Å². The van der Waals surface area contributed by atoms with Crippen molar-refractivity contribution in [2.75, 3.05) is 65.9 Å². The first kappa shape index (κ1) is 55.5. The summed E-state index contributed by atoms with van der Waals surface area (Å²) in [7, 11) is 0. The molecule has 16 nitrogen and oxygen atoms in total. The quantitative estimate of drug-likeness (QED) is 0.0490. The Hall–Kier alpha value is -3.47. The molecule has 0 heterocycles. The molecule has 0 aliphatic carbocycles. The zero-order chi connectivity index (χ0) is 43.8. The minimum atomic E-state index is -1.16. The third-order valence-corrected chi connectivity index (χ3v) is 9.78. The Morgan fingerprint density at radius 3 is 1.53 bits per heavy atom. The highest BCUT2D eigenvalue weighted by molar-refractivity contribution is 5.84. The molecule has 0 radical (unpaired) electrons. The summed E-state index contributed by atoms with van der Waals surface area (Å²) < 4.78 is 21.4. The number of Topliss-reactive ketones (excluding diaryl/α,β-unsaturated/α-hetero) is 2. The molecule has 0 aromatic carbocycles. The van der Waals surface area contributed by atoms with Gasteiger partial charge in [0.25, 0.3) is 0 Å². The third-order valence-electron chi connectivity index (χ3n) is 9.78. The van der Waals surface area contributed by atoms with E-state index in [1.54, 1.807) is 6.92 Å². The van der Waals surface area contributed by atoms with Crippen molar-refractivity contribution < 1.29 is 62.7 Å². The molecule has 59 heavy (non-hydrogen) atoms. The van der Waals surface area contributed by atoms with Crippen LogP contribution in [0, 0.1) is 5.92 Å². The number of aliphatic carboxylic acids is 2. The van der Waals surface area contributed by atoms with Gasteiger partial charge in [-0.15, -0.1) is 0 Å². The van der Waals surface area contributed by atoms with E-state index in [9.17, 15) is 38.7 Å². The molecule has 0 unspecified atom stereocenters. The number of ether oxygens (including phenoxy) is 4. The molecule has 0 spiro atoms. The van der Waals surface area contributed by atoms with Crippen LogP contribution in [0.25, 0.3) is 0 Å². The van der Waals surface area contributed by atoms with Gasteiger partial charge in [-0.1, -0.05) is 77.6 Å². The van der Waals surface area contributed by atoms with Crippen molar-refractivity contribution in [3.05, 3.63) is 0 Å². The highest BCUT2D eigenvalue weighted by Crippen LogP contribution is 2.14. The number of amides is 3. The largest absolute Gasteiger partial charge is 0.481 e. The molecule has 16 heteroatoms. The molecular weight excluding hydrogens is 766 g/mol. The van der Waals surface area contributed by atoms with Gasteiger partial charge in [0.2, 0.25) is 17.7 Å². The van der Waals surface area contributed by atoms with Gasteiger partial charge in [0.05, 0.1) is 33.0 Å².